The van der Waals surface area contributed by atoms with Gasteiger partial charge in [-0.25, -0.2) is 4.98 Å². The maximum Gasteiger partial charge on any atom is 0.290 e. The van der Waals surface area contributed by atoms with Gasteiger partial charge in [-0.2, -0.15) is 0 Å². The van der Waals surface area contributed by atoms with Crippen LogP contribution in [0.3, 0.4) is 0 Å². The van der Waals surface area contributed by atoms with Crippen molar-refractivity contribution in [3.8, 4) is 0 Å². The number of para-hydroxylation sites is 2. The molecule has 1 aromatic heterocycles. The van der Waals surface area contributed by atoms with E-state index in [1.807, 2.05) is 42.7 Å². The Bertz CT molecular complexity index is 932. The number of hydrogen-bond acceptors (Lipinski definition) is 4. The molecule has 0 radical (unpaired) electrons. The van der Waals surface area contributed by atoms with Gasteiger partial charge in [0.05, 0.1) is 17.6 Å². The highest BCUT2D eigenvalue weighted by molar-refractivity contribution is 6.01. The van der Waals surface area contributed by atoms with Crippen molar-refractivity contribution in [2.45, 2.75) is 76.9 Å². The highest BCUT2D eigenvalue weighted by Gasteiger charge is 2.48. The van der Waals surface area contributed by atoms with E-state index in [0.717, 1.165) is 36.7 Å². The summed E-state index contributed by atoms with van der Waals surface area (Å²) in [5.41, 5.74) is 0.716. The van der Waals surface area contributed by atoms with Gasteiger partial charge in [-0.3, -0.25) is 9.59 Å². The van der Waals surface area contributed by atoms with Crippen LogP contribution in [0.5, 0.6) is 0 Å². The predicted octanol–water partition coefficient (Wildman–Crippen LogP) is 3.52. The number of imidazole rings is 1. The van der Waals surface area contributed by atoms with E-state index in [-0.39, 0.29) is 17.9 Å². The summed E-state index contributed by atoms with van der Waals surface area (Å²) in [6.07, 6.45) is 7.47. The lowest BCUT2D eigenvalue weighted by Gasteiger charge is -2.44. The molecular formula is C24H34N4O3. The van der Waals surface area contributed by atoms with Crippen LogP contribution in [0.15, 0.2) is 24.3 Å². The summed E-state index contributed by atoms with van der Waals surface area (Å²) >= 11 is 0. The molecule has 1 N–H and O–H groups in total. The maximum atomic E-state index is 13.6. The molecule has 7 nitrogen and oxygen atoms in total. The Balaban J connectivity index is 1.64. The van der Waals surface area contributed by atoms with Crippen LogP contribution >= 0.6 is 0 Å². The molecule has 7 heteroatoms. The third-order valence-corrected chi connectivity index (χ3v) is 6.71. The minimum absolute atomic E-state index is 0.0624. The summed E-state index contributed by atoms with van der Waals surface area (Å²) < 4.78 is 7.40. The largest absolute Gasteiger partial charge is 0.382 e. The molecule has 1 saturated carbocycles. The first-order valence-corrected chi connectivity index (χ1v) is 11.7. The number of fused-ring (bicyclic) bond motifs is 3. The SMILES string of the molecule is CCOCCCN1C(=O)c2nc3ccccc3n2CC1(C)C(=O)NC1CCCCCC1. The highest BCUT2D eigenvalue weighted by Crippen LogP contribution is 2.31. The first kappa shape index (κ1) is 21.8. The van der Waals surface area contributed by atoms with Crippen molar-refractivity contribution in [1.82, 2.24) is 19.8 Å². The number of aromatic nitrogens is 2. The zero-order chi connectivity index (χ0) is 21.8. The molecule has 1 aliphatic carbocycles. The number of nitrogens with one attached hydrogen (secondary N) is 1. The molecular weight excluding hydrogens is 392 g/mol. The molecule has 4 rings (SSSR count). The molecule has 2 amide bonds. The van der Waals surface area contributed by atoms with Gasteiger partial charge < -0.3 is 19.5 Å². The Hall–Kier alpha value is -2.41. The van der Waals surface area contributed by atoms with Gasteiger partial charge in [-0.05, 0) is 45.2 Å². The molecule has 168 valence electrons. The van der Waals surface area contributed by atoms with Crippen molar-refractivity contribution in [2.75, 3.05) is 19.8 Å². The second kappa shape index (κ2) is 9.39. The summed E-state index contributed by atoms with van der Waals surface area (Å²) in [7, 11) is 0. The van der Waals surface area contributed by atoms with E-state index in [9.17, 15) is 9.59 Å². The third kappa shape index (κ3) is 4.33. The standard InChI is InChI=1S/C24H34N4O3/c1-3-31-16-10-15-28-22(29)21-26-19-13-8-9-14-20(19)27(21)17-24(28,2)23(30)25-18-11-6-4-5-7-12-18/h8-9,13-14,18H,3-7,10-12,15-17H2,1-2H3,(H,25,30). The molecule has 2 aromatic rings. The number of carbonyl (C=O) groups excluding carboxylic acids is 2. The fourth-order valence-corrected chi connectivity index (χ4v) is 4.91. The number of carbonyl (C=O) groups is 2. The molecule has 31 heavy (non-hydrogen) atoms. The monoisotopic (exact) mass is 426 g/mol. The van der Waals surface area contributed by atoms with E-state index in [1.165, 1.54) is 12.8 Å². The first-order valence-electron chi connectivity index (χ1n) is 11.7. The van der Waals surface area contributed by atoms with Crippen molar-refractivity contribution < 1.29 is 14.3 Å². The molecule has 0 spiro atoms. The van der Waals surface area contributed by atoms with Crippen LogP contribution in [0.4, 0.5) is 0 Å². The summed E-state index contributed by atoms with van der Waals surface area (Å²) in [5.74, 6) is 0.169. The fraction of sp³-hybridized carbons (Fsp3) is 0.625. The van der Waals surface area contributed by atoms with Crippen LogP contribution in [0.1, 0.15) is 69.4 Å². The Morgan fingerprint density at radius 2 is 1.97 bits per heavy atom. The average Bonchev–Trinajstić information content (AvgIpc) is 2.93. The quantitative estimate of drug-likeness (QED) is 0.543. The van der Waals surface area contributed by atoms with Crippen LogP contribution in [0.2, 0.25) is 0 Å². The number of benzene rings is 1. The zero-order valence-corrected chi connectivity index (χ0v) is 18.7. The van der Waals surface area contributed by atoms with E-state index in [0.29, 0.717) is 38.5 Å². The smallest absolute Gasteiger partial charge is 0.290 e. The van der Waals surface area contributed by atoms with Gasteiger partial charge in [0, 0.05) is 25.8 Å². The van der Waals surface area contributed by atoms with Gasteiger partial charge in [0.15, 0.2) is 5.82 Å². The summed E-state index contributed by atoms with van der Waals surface area (Å²) in [6, 6.07) is 7.93. The predicted molar refractivity (Wildman–Crippen MR) is 120 cm³/mol. The van der Waals surface area contributed by atoms with Crippen molar-refractivity contribution >= 4 is 22.8 Å². The van der Waals surface area contributed by atoms with E-state index in [1.54, 1.807) is 4.90 Å². The van der Waals surface area contributed by atoms with Crippen molar-refractivity contribution in [3.63, 3.8) is 0 Å². The van der Waals surface area contributed by atoms with Crippen LogP contribution in [-0.4, -0.2) is 57.6 Å². The summed E-state index contributed by atoms with van der Waals surface area (Å²) in [4.78, 5) is 33.5. The molecule has 1 aromatic carbocycles. The number of hydrogen-bond donors (Lipinski definition) is 1. The summed E-state index contributed by atoms with van der Waals surface area (Å²) in [5, 5.41) is 3.29. The molecule has 1 fully saturated rings. The molecule has 1 aliphatic heterocycles. The Labute approximate surface area is 184 Å². The van der Waals surface area contributed by atoms with Crippen molar-refractivity contribution in [2.24, 2.45) is 0 Å². The van der Waals surface area contributed by atoms with Gasteiger partial charge in [0.2, 0.25) is 5.91 Å². The molecule has 2 aliphatic rings. The Morgan fingerprint density at radius 1 is 1.23 bits per heavy atom. The van der Waals surface area contributed by atoms with Crippen molar-refractivity contribution in [3.05, 3.63) is 30.1 Å². The van der Waals surface area contributed by atoms with Gasteiger partial charge in [0.1, 0.15) is 5.54 Å². The van der Waals surface area contributed by atoms with E-state index in [4.69, 9.17) is 4.74 Å². The number of ether oxygens (including phenoxy) is 1. The highest BCUT2D eigenvalue weighted by atomic mass is 16.5. The number of rotatable bonds is 7. The topological polar surface area (TPSA) is 76.5 Å². The lowest BCUT2D eigenvalue weighted by Crippen LogP contribution is -2.65. The van der Waals surface area contributed by atoms with Crippen LogP contribution in [0, 0.1) is 0 Å². The average molecular weight is 427 g/mol. The second-order valence-corrected chi connectivity index (χ2v) is 8.95. The second-order valence-electron chi connectivity index (χ2n) is 8.95. The lowest BCUT2D eigenvalue weighted by molar-refractivity contribution is -0.133. The molecule has 1 unspecified atom stereocenters. The van der Waals surface area contributed by atoms with Gasteiger partial charge in [-0.15, -0.1) is 0 Å². The van der Waals surface area contributed by atoms with Gasteiger partial charge in [0.25, 0.3) is 5.91 Å². The minimum Gasteiger partial charge on any atom is -0.382 e. The van der Waals surface area contributed by atoms with E-state index < -0.39 is 5.54 Å². The lowest BCUT2D eigenvalue weighted by atomic mass is 9.93. The van der Waals surface area contributed by atoms with Crippen LogP contribution in [0.25, 0.3) is 11.0 Å². The van der Waals surface area contributed by atoms with Crippen LogP contribution < -0.4 is 5.32 Å². The van der Waals surface area contributed by atoms with E-state index >= 15 is 0 Å². The Kier molecular flexibility index (Phi) is 6.60. The van der Waals surface area contributed by atoms with E-state index in [2.05, 4.69) is 10.3 Å². The number of amides is 2. The maximum absolute atomic E-state index is 13.6. The van der Waals surface area contributed by atoms with Crippen molar-refractivity contribution in [1.29, 1.82) is 0 Å². The van der Waals surface area contributed by atoms with Gasteiger partial charge in [-0.1, -0.05) is 37.8 Å². The first-order chi connectivity index (χ1) is 15.0. The minimum atomic E-state index is -0.966. The normalized spacial score (nSPS) is 22.4. The molecule has 0 bridgehead atoms. The molecule has 1 atom stereocenters. The molecule has 2 heterocycles. The van der Waals surface area contributed by atoms with Crippen LogP contribution in [-0.2, 0) is 16.1 Å². The van der Waals surface area contributed by atoms with Gasteiger partial charge >= 0.3 is 0 Å². The number of nitrogens with zero attached hydrogens (tertiary/aromatic N) is 3. The Morgan fingerprint density at radius 3 is 2.71 bits per heavy atom. The third-order valence-electron chi connectivity index (χ3n) is 6.71. The molecule has 0 saturated heterocycles. The fourth-order valence-electron chi connectivity index (χ4n) is 4.91. The summed E-state index contributed by atoms with van der Waals surface area (Å²) in [6.45, 7) is 5.94. The zero-order valence-electron chi connectivity index (χ0n) is 18.7.